The summed E-state index contributed by atoms with van der Waals surface area (Å²) in [5, 5.41) is -0.626. The Balaban J connectivity index is 1.53. The maximum Gasteiger partial charge on any atom is 0.323 e. The summed E-state index contributed by atoms with van der Waals surface area (Å²) in [5.41, 5.74) is 4.59. The van der Waals surface area contributed by atoms with Gasteiger partial charge in [-0.05, 0) is 46.0 Å². The Labute approximate surface area is 163 Å². The number of amides is 2. The van der Waals surface area contributed by atoms with Gasteiger partial charge < -0.3 is 9.64 Å². The second kappa shape index (κ2) is 7.01. The molecule has 0 aromatic carbocycles. The quantitative estimate of drug-likeness (QED) is 0.575. The molecule has 9 nitrogen and oxygen atoms in total. The molecule has 5 unspecified atom stereocenters. The molecule has 4 aliphatic rings. The number of carbonyl (C=O) groups is 1. The van der Waals surface area contributed by atoms with Crippen molar-refractivity contribution >= 4 is 16.1 Å². The van der Waals surface area contributed by atoms with E-state index >= 15 is 0 Å². The number of likely N-dealkylation sites (N-methyl/N-ethyl adjacent to an activating group) is 1. The summed E-state index contributed by atoms with van der Waals surface area (Å²) in [5.74, 6) is 0. The van der Waals surface area contributed by atoms with Crippen molar-refractivity contribution in [3.63, 3.8) is 0 Å². The highest BCUT2D eigenvalue weighted by Crippen LogP contribution is 2.40. The van der Waals surface area contributed by atoms with Crippen molar-refractivity contribution < 1.29 is 26.7 Å². The Kier molecular flexibility index (Phi) is 5.06. The minimum Gasteiger partial charge on any atom is -0.320 e. The molecule has 4 fully saturated rings. The van der Waals surface area contributed by atoms with Crippen LogP contribution in [0.4, 0.5) is 13.6 Å². The van der Waals surface area contributed by atoms with E-state index in [-0.39, 0.29) is 24.0 Å². The normalized spacial score (nSPS) is 37.6. The molecule has 3 N–H and O–H groups in total. The zero-order valence-electron chi connectivity index (χ0n) is 15.9. The number of urea groups is 1. The van der Waals surface area contributed by atoms with Gasteiger partial charge in [0.2, 0.25) is 16.4 Å². The van der Waals surface area contributed by atoms with Crippen molar-refractivity contribution in [2.45, 2.75) is 87.8 Å². The molecule has 4 rings (SSSR count). The van der Waals surface area contributed by atoms with Crippen LogP contribution >= 0.6 is 0 Å². The number of hydrogen-bond donors (Lipinski definition) is 3. The predicted octanol–water partition coefficient (Wildman–Crippen LogP) is 0.505. The van der Waals surface area contributed by atoms with Crippen LogP contribution in [0, 0.1) is 0 Å². The Morgan fingerprint density at radius 2 is 2.00 bits per heavy atom. The molecule has 0 radical (unpaired) electrons. The van der Waals surface area contributed by atoms with Crippen LogP contribution in [0.25, 0.3) is 0 Å². The number of halogens is 2. The number of hydrogen-bond acceptors (Lipinski definition) is 6. The number of fused-ring (bicyclic) bond motifs is 1. The van der Waals surface area contributed by atoms with Gasteiger partial charge in [-0.1, -0.05) is 0 Å². The van der Waals surface area contributed by atoms with Gasteiger partial charge in [0.25, 0.3) is 6.43 Å². The van der Waals surface area contributed by atoms with E-state index in [2.05, 4.69) is 15.6 Å². The lowest BCUT2D eigenvalue weighted by atomic mass is 9.90. The van der Waals surface area contributed by atoms with E-state index in [1.165, 1.54) is 4.90 Å². The predicted molar refractivity (Wildman–Crippen MR) is 95.5 cm³/mol. The fourth-order valence-electron chi connectivity index (χ4n) is 4.45. The first-order valence-corrected chi connectivity index (χ1v) is 11.3. The molecule has 2 aliphatic heterocycles. The second-order valence-corrected chi connectivity index (χ2v) is 10.2. The summed E-state index contributed by atoms with van der Waals surface area (Å²) in [6.45, 7) is 4.19. The number of carbonyl (C=O) groups excluding carboxylic acids is 1. The van der Waals surface area contributed by atoms with Gasteiger partial charge in [-0.25, -0.2) is 37.6 Å². The number of sulfonamides is 1. The van der Waals surface area contributed by atoms with Crippen LogP contribution in [0.5, 0.6) is 0 Å². The number of rotatable bonds is 6. The number of nitrogens with zero attached hydrogens (tertiary/aromatic N) is 2. The van der Waals surface area contributed by atoms with Crippen LogP contribution in [0.2, 0.25) is 0 Å². The molecule has 0 aromatic heterocycles. The molecule has 0 aromatic rings. The highest BCUT2D eigenvalue weighted by molar-refractivity contribution is 7.90. The van der Waals surface area contributed by atoms with Gasteiger partial charge in [-0.2, -0.15) is 0 Å². The van der Waals surface area contributed by atoms with E-state index < -0.39 is 40.3 Å². The van der Waals surface area contributed by atoms with E-state index in [0.717, 1.165) is 12.8 Å². The molecule has 2 aliphatic carbocycles. The van der Waals surface area contributed by atoms with Crippen LogP contribution in [0.3, 0.4) is 0 Å². The summed E-state index contributed by atoms with van der Waals surface area (Å²) < 4.78 is 59.6. The topological polar surface area (TPSA) is 103 Å². The van der Waals surface area contributed by atoms with Crippen molar-refractivity contribution in [2.24, 2.45) is 0 Å². The molecule has 2 saturated carbocycles. The molecule has 2 amide bonds. The molecule has 28 heavy (non-hydrogen) atoms. The zero-order chi connectivity index (χ0) is 20.3. The van der Waals surface area contributed by atoms with E-state index in [4.69, 9.17) is 4.74 Å². The highest BCUT2D eigenvalue weighted by atomic mass is 32.2. The Morgan fingerprint density at radius 3 is 2.57 bits per heavy atom. The van der Waals surface area contributed by atoms with E-state index in [9.17, 15) is 22.0 Å². The van der Waals surface area contributed by atoms with Gasteiger partial charge in [0.05, 0.1) is 17.3 Å². The van der Waals surface area contributed by atoms with Crippen LogP contribution in [-0.4, -0.2) is 72.7 Å². The third-order valence-electron chi connectivity index (χ3n) is 6.23. The molecular weight excluding hydrogens is 396 g/mol. The van der Waals surface area contributed by atoms with Gasteiger partial charge in [-0.15, -0.1) is 0 Å². The van der Waals surface area contributed by atoms with Crippen LogP contribution < -0.4 is 15.6 Å². The van der Waals surface area contributed by atoms with E-state index in [1.54, 1.807) is 4.90 Å². The highest BCUT2D eigenvalue weighted by Gasteiger charge is 2.54. The summed E-state index contributed by atoms with van der Waals surface area (Å²) in [6.07, 6.45) is -2.45. The molecule has 12 heteroatoms. The first-order valence-electron chi connectivity index (χ1n) is 9.71. The number of alkyl halides is 2. The Hall–Kier alpha value is -1.08. The fourth-order valence-corrected chi connectivity index (χ4v) is 6.40. The standard InChI is InChI=1S/C16H27F2N5O4S/c1-3-22-10-5-4-9(28(25,26)21-16(2)6-7-16)8-11(10)23(15(22)24)14-20-19-13(27-14)12(17)18/h9-14,19-21H,3-8H2,1-2H3. The maximum atomic E-state index is 12.9. The molecule has 2 saturated heterocycles. The second-order valence-electron chi connectivity index (χ2n) is 8.29. The molecule has 5 atom stereocenters. The number of hydrazine groups is 1. The summed E-state index contributed by atoms with van der Waals surface area (Å²) in [4.78, 5) is 16.0. The van der Waals surface area contributed by atoms with Crippen molar-refractivity contribution in [2.75, 3.05) is 6.54 Å². The van der Waals surface area contributed by atoms with E-state index in [1.807, 2.05) is 13.8 Å². The summed E-state index contributed by atoms with van der Waals surface area (Å²) >= 11 is 0. The van der Waals surface area contributed by atoms with Crippen molar-refractivity contribution in [3.8, 4) is 0 Å². The smallest absolute Gasteiger partial charge is 0.320 e. The van der Waals surface area contributed by atoms with Crippen molar-refractivity contribution in [3.05, 3.63) is 0 Å². The molecular formula is C16H27F2N5O4S. The fraction of sp³-hybridized carbons (Fsp3) is 0.938. The van der Waals surface area contributed by atoms with Crippen LogP contribution in [0.15, 0.2) is 0 Å². The molecule has 0 spiro atoms. The Morgan fingerprint density at radius 1 is 1.29 bits per heavy atom. The monoisotopic (exact) mass is 423 g/mol. The van der Waals surface area contributed by atoms with Crippen LogP contribution in [-0.2, 0) is 14.8 Å². The van der Waals surface area contributed by atoms with Gasteiger partial charge >= 0.3 is 6.03 Å². The lowest BCUT2D eigenvalue weighted by Crippen LogP contribution is -2.54. The van der Waals surface area contributed by atoms with E-state index in [0.29, 0.717) is 19.4 Å². The first kappa shape index (κ1) is 20.2. The van der Waals surface area contributed by atoms with Gasteiger partial charge in [0, 0.05) is 12.1 Å². The van der Waals surface area contributed by atoms with Gasteiger partial charge in [0.15, 0.2) is 6.23 Å². The maximum absolute atomic E-state index is 12.9. The summed E-state index contributed by atoms with van der Waals surface area (Å²) in [6, 6.07) is -0.908. The molecule has 0 bridgehead atoms. The number of ether oxygens (including phenoxy) is 1. The minimum absolute atomic E-state index is 0.156. The van der Waals surface area contributed by atoms with Crippen LogP contribution in [0.1, 0.15) is 46.0 Å². The average Bonchev–Trinajstić information content (AvgIpc) is 3.06. The molecule has 2 heterocycles. The third kappa shape index (κ3) is 3.49. The Bertz CT molecular complexity index is 735. The van der Waals surface area contributed by atoms with Crippen molar-refractivity contribution in [1.82, 2.24) is 25.4 Å². The summed E-state index contributed by atoms with van der Waals surface area (Å²) in [7, 11) is -3.53. The minimum atomic E-state index is -3.53. The third-order valence-corrected chi connectivity index (χ3v) is 8.31. The van der Waals surface area contributed by atoms with Gasteiger partial charge in [0.1, 0.15) is 0 Å². The molecule has 160 valence electrons. The SMILES string of the molecule is CCN1C(=O)N(C2NNC(C(F)F)O2)C2CC(S(=O)(=O)NC3(C)CC3)CCC21. The number of nitrogens with one attached hydrogen (secondary N) is 3. The average molecular weight is 423 g/mol. The lowest BCUT2D eigenvalue weighted by Gasteiger charge is -2.37. The zero-order valence-corrected chi connectivity index (χ0v) is 16.7. The lowest BCUT2D eigenvalue weighted by molar-refractivity contribution is -0.103. The van der Waals surface area contributed by atoms with Crippen molar-refractivity contribution in [1.29, 1.82) is 0 Å². The van der Waals surface area contributed by atoms with Gasteiger partial charge in [-0.3, -0.25) is 4.90 Å². The largest absolute Gasteiger partial charge is 0.323 e. The first-order chi connectivity index (χ1) is 13.1.